The summed E-state index contributed by atoms with van der Waals surface area (Å²) < 4.78 is 0. The molecule has 1 fully saturated rings. The molecule has 20 heavy (non-hydrogen) atoms. The van der Waals surface area contributed by atoms with Crippen LogP contribution in [0.25, 0.3) is 0 Å². The smallest absolute Gasteiger partial charge is 0.173 e. The van der Waals surface area contributed by atoms with Crippen molar-refractivity contribution < 1.29 is 0 Å². The summed E-state index contributed by atoms with van der Waals surface area (Å²) in [6.07, 6.45) is 6.42. The van der Waals surface area contributed by atoms with E-state index in [4.69, 9.17) is 5.26 Å². The van der Waals surface area contributed by atoms with Crippen molar-refractivity contribution in [1.29, 1.82) is 5.26 Å². The number of nitriles is 1. The second-order valence-electron chi connectivity index (χ2n) is 4.86. The number of aromatic amines is 1. The third kappa shape index (κ3) is 2.32. The first-order chi connectivity index (χ1) is 9.78. The Morgan fingerprint density at radius 1 is 1.35 bits per heavy atom. The van der Waals surface area contributed by atoms with E-state index in [9.17, 15) is 0 Å². The van der Waals surface area contributed by atoms with Crippen molar-refractivity contribution in [3.05, 3.63) is 29.7 Å². The molecule has 1 saturated heterocycles. The summed E-state index contributed by atoms with van der Waals surface area (Å²) in [5, 5.41) is 15.9. The van der Waals surface area contributed by atoms with Crippen molar-refractivity contribution in [3.8, 4) is 6.07 Å². The molecule has 1 aliphatic heterocycles. The largest absolute Gasteiger partial charge is 0.345 e. The lowest BCUT2D eigenvalue weighted by Gasteiger charge is -2.34. The van der Waals surface area contributed by atoms with Gasteiger partial charge in [-0.05, 0) is 26.2 Å². The van der Waals surface area contributed by atoms with Gasteiger partial charge in [-0.15, -0.1) is 0 Å². The number of aryl methyl sites for hydroxylation is 1. The standard InChI is InChI=1S/C13H15N7/c1-9-17-13(19-18-9)11-4-2-3-5-20(11)12-8-15-10(6-14)7-16-12/h7-8,11H,2-5H2,1H3,(H,17,18,19). The van der Waals surface area contributed by atoms with Crippen molar-refractivity contribution in [2.75, 3.05) is 11.4 Å². The van der Waals surface area contributed by atoms with E-state index in [2.05, 4.69) is 30.0 Å². The van der Waals surface area contributed by atoms with E-state index in [-0.39, 0.29) is 6.04 Å². The van der Waals surface area contributed by atoms with Gasteiger partial charge in [-0.3, -0.25) is 5.10 Å². The van der Waals surface area contributed by atoms with Crippen LogP contribution in [-0.2, 0) is 0 Å². The van der Waals surface area contributed by atoms with Gasteiger partial charge in [-0.25, -0.2) is 15.0 Å². The number of piperidine rings is 1. The van der Waals surface area contributed by atoms with Crippen LogP contribution in [0, 0.1) is 18.3 Å². The van der Waals surface area contributed by atoms with Crippen LogP contribution in [0.4, 0.5) is 5.82 Å². The SMILES string of the molecule is Cc1nc(C2CCCCN2c2cnc(C#N)cn2)n[nH]1. The minimum absolute atomic E-state index is 0.121. The predicted octanol–water partition coefficient (Wildman–Crippen LogP) is 1.51. The maximum absolute atomic E-state index is 8.78. The third-order valence-corrected chi connectivity index (χ3v) is 3.46. The lowest BCUT2D eigenvalue weighted by molar-refractivity contribution is 0.453. The first kappa shape index (κ1) is 12.5. The maximum atomic E-state index is 8.78. The molecule has 3 rings (SSSR count). The van der Waals surface area contributed by atoms with Crippen LogP contribution in [0.5, 0.6) is 0 Å². The summed E-state index contributed by atoms with van der Waals surface area (Å²) in [5.74, 6) is 2.39. The fourth-order valence-electron chi connectivity index (χ4n) is 2.51. The van der Waals surface area contributed by atoms with Gasteiger partial charge >= 0.3 is 0 Å². The molecule has 2 aromatic heterocycles. The van der Waals surface area contributed by atoms with E-state index in [0.717, 1.165) is 43.3 Å². The van der Waals surface area contributed by atoms with Crippen LogP contribution in [0.15, 0.2) is 12.4 Å². The van der Waals surface area contributed by atoms with E-state index in [0.29, 0.717) is 5.69 Å². The predicted molar refractivity (Wildman–Crippen MR) is 71.8 cm³/mol. The number of anilines is 1. The number of nitrogens with zero attached hydrogens (tertiary/aromatic N) is 6. The summed E-state index contributed by atoms with van der Waals surface area (Å²) in [6.45, 7) is 2.80. The molecule has 3 heterocycles. The molecule has 0 amide bonds. The average Bonchev–Trinajstić information content (AvgIpc) is 2.94. The molecular formula is C13H15N7. The summed E-state index contributed by atoms with van der Waals surface area (Å²) in [5.41, 5.74) is 0.330. The summed E-state index contributed by atoms with van der Waals surface area (Å²) in [4.78, 5) is 15.0. The normalized spacial score (nSPS) is 18.8. The Hall–Kier alpha value is -2.49. The number of H-pyrrole nitrogens is 1. The zero-order valence-corrected chi connectivity index (χ0v) is 11.2. The van der Waals surface area contributed by atoms with Gasteiger partial charge in [0.25, 0.3) is 0 Å². The number of hydrogen-bond acceptors (Lipinski definition) is 6. The van der Waals surface area contributed by atoms with Crippen molar-refractivity contribution in [3.63, 3.8) is 0 Å². The fourth-order valence-corrected chi connectivity index (χ4v) is 2.51. The van der Waals surface area contributed by atoms with Gasteiger partial charge < -0.3 is 4.90 Å². The van der Waals surface area contributed by atoms with E-state index in [1.54, 1.807) is 6.20 Å². The number of nitrogens with one attached hydrogen (secondary N) is 1. The molecule has 1 N–H and O–H groups in total. The number of aromatic nitrogens is 5. The molecule has 0 spiro atoms. The molecule has 0 saturated carbocycles. The Morgan fingerprint density at radius 2 is 2.25 bits per heavy atom. The molecule has 0 aliphatic carbocycles. The first-order valence-electron chi connectivity index (χ1n) is 6.65. The van der Waals surface area contributed by atoms with Crippen molar-refractivity contribution in [1.82, 2.24) is 25.1 Å². The molecule has 0 bridgehead atoms. The second-order valence-corrected chi connectivity index (χ2v) is 4.86. The zero-order valence-electron chi connectivity index (χ0n) is 11.2. The number of hydrogen-bond donors (Lipinski definition) is 1. The van der Waals surface area contributed by atoms with Gasteiger partial charge in [0, 0.05) is 6.54 Å². The Labute approximate surface area is 116 Å². The molecule has 102 valence electrons. The van der Waals surface area contributed by atoms with Crippen LogP contribution in [0.1, 0.15) is 42.6 Å². The molecule has 1 atom stereocenters. The van der Waals surface area contributed by atoms with Gasteiger partial charge in [0.15, 0.2) is 11.5 Å². The highest BCUT2D eigenvalue weighted by atomic mass is 15.3. The van der Waals surface area contributed by atoms with Gasteiger partial charge in [-0.1, -0.05) is 0 Å². The molecule has 1 aliphatic rings. The fraction of sp³-hybridized carbons (Fsp3) is 0.462. The van der Waals surface area contributed by atoms with Gasteiger partial charge in [0.1, 0.15) is 17.7 Å². The highest BCUT2D eigenvalue weighted by Gasteiger charge is 2.28. The number of rotatable bonds is 2. The highest BCUT2D eigenvalue weighted by molar-refractivity contribution is 5.40. The third-order valence-electron chi connectivity index (χ3n) is 3.46. The average molecular weight is 269 g/mol. The summed E-state index contributed by atoms with van der Waals surface area (Å²) in [6, 6.07) is 2.10. The van der Waals surface area contributed by atoms with Crippen molar-refractivity contribution in [2.45, 2.75) is 32.2 Å². The van der Waals surface area contributed by atoms with Crippen LogP contribution in [0.2, 0.25) is 0 Å². The molecule has 7 nitrogen and oxygen atoms in total. The Balaban J connectivity index is 1.90. The maximum Gasteiger partial charge on any atom is 0.173 e. The topological polar surface area (TPSA) is 94.4 Å². The van der Waals surface area contributed by atoms with E-state index in [1.165, 1.54) is 6.20 Å². The monoisotopic (exact) mass is 269 g/mol. The van der Waals surface area contributed by atoms with E-state index >= 15 is 0 Å². The van der Waals surface area contributed by atoms with Gasteiger partial charge in [0.2, 0.25) is 0 Å². The van der Waals surface area contributed by atoms with Crippen molar-refractivity contribution >= 4 is 5.82 Å². The van der Waals surface area contributed by atoms with Crippen LogP contribution in [0.3, 0.4) is 0 Å². The molecule has 0 aromatic carbocycles. The first-order valence-corrected chi connectivity index (χ1v) is 6.65. The van der Waals surface area contributed by atoms with Crippen LogP contribution >= 0.6 is 0 Å². The lowest BCUT2D eigenvalue weighted by atomic mass is 10.0. The van der Waals surface area contributed by atoms with Crippen LogP contribution in [-0.4, -0.2) is 31.7 Å². The minimum Gasteiger partial charge on any atom is -0.345 e. The Bertz CT molecular complexity index is 625. The second kappa shape index (κ2) is 5.25. The Kier molecular flexibility index (Phi) is 3.29. The van der Waals surface area contributed by atoms with Gasteiger partial charge in [-0.2, -0.15) is 10.4 Å². The van der Waals surface area contributed by atoms with Crippen molar-refractivity contribution in [2.24, 2.45) is 0 Å². The van der Waals surface area contributed by atoms with E-state index in [1.807, 2.05) is 13.0 Å². The summed E-state index contributed by atoms with van der Waals surface area (Å²) in [7, 11) is 0. The summed E-state index contributed by atoms with van der Waals surface area (Å²) >= 11 is 0. The molecular weight excluding hydrogens is 254 g/mol. The molecule has 7 heteroatoms. The van der Waals surface area contributed by atoms with E-state index < -0.39 is 0 Å². The van der Waals surface area contributed by atoms with Gasteiger partial charge in [0.05, 0.1) is 18.4 Å². The lowest BCUT2D eigenvalue weighted by Crippen LogP contribution is -2.34. The molecule has 2 aromatic rings. The zero-order chi connectivity index (χ0) is 13.9. The minimum atomic E-state index is 0.121. The molecule has 1 unspecified atom stereocenters. The highest BCUT2D eigenvalue weighted by Crippen LogP contribution is 2.31. The Morgan fingerprint density at radius 3 is 2.90 bits per heavy atom. The quantitative estimate of drug-likeness (QED) is 0.888. The molecule has 0 radical (unpaired) electrons. The van der Waals surface area contributed by atoms with Crippen LogP contribution < -0.4 is 4.90 Å².